The van der Waals surface area contributed by atoms with Crippen LogP contribution in [0.1, 0.15) is 11.7 Å². The van der Waals surface area contributed by atoms with Gasteiger partial charge in [0.25, 0.3) is 0 Å². The van der Waals surface area contributed by atoms with Crippen molar-refractivity contribution in [3.05, 3.63) is 24.0 Å². The van der Waals surface area contributed by atoms with Crippen molar-refractivity contribution in [1.82, 2.24) is 4.98 Å². The Labute approximate surface area is 81.8 Å². The number of aliphatic hydroxyl groups excluding tert-OH is 2. The van der Waals surface area contributed by atoms with Crippen molar-refractivity contribution in [1.29, 1.82) is 0 Å². The average molecular weight is 200 g/mol. The standard InChI is InChI=1S/C8H12N2O2S/c9-6-3-10-2-1-5(6)8(12)7(11)4-13/h1-3,7-8,11-13H,4,9H2. The van der Waals surface area contributed by atoms with Crippen LogP contribution in [0.15, 0.2) is 18.5 Å². The number of hydrogen-bond donors (Lipinski definition) is 4. The predicted molar refractivity (Wildman–Crippen MR) is 53.5 cm³/mol. The molecule has 0 fully saturated rings. The van der Waals surface area contributed by atoms with E-state index in [0.29, 0.717) is 11.3 Å². The Hall–Kier alpha value is -0.780. The summed E-state index contributed by atoms with van der Waals surface area (Å²) < 4.78 is 0. The predicted octanol–water partition coefficient (Wildman–Crippen LogP) is -0.0121. The van der Waals surface area contributed by atoms with Crippen LogP contribution in [0, 0.1) is 0 Å². The van der Waals surface area contributed by atoms with Crippen molar-refractivity contribution >= 4 is 18.3 Å². The van der Waals surface area contributed by atoms with Gasteiger partial charge >= 0.3 is 0 Å². The van der Waals surface area contributed by atoms with Gasteiger partial charge in [0, 0.05) is 17.5 Å². The second-order valence-electron chi connectivity index (χ2n) is 2.70. The molecule has 72 valence electrons. The SMILES string of the molecule is Nc1cnccc1C(O)C(O)CS. The minimum Gasteiger partial charge on any atom is -0.397 e. The highest BCUT2D eigenvalue weighted by Gasteiger charge is 2.18. The molecule has 1 aromatic heterocycles. The number of pyridine rings is 1. The number of hydrogen-bond acceptors (Lipinski definition) is 5. The highest BCUT2D eigenvalue weighted by Crippen LogP contribution is 2.22. The molecule has 0 aliphatic carbocycles. The van der Waals surface area contributed by atoms with E-state index in [2.05, 4.69) is 17.6 Å². The van der Waals surface area contributed by atoms with Gasteiger partial charge in [-0.1, -0.05) is 0 Å². The Morgan fingerprint density at radius 3 is 2.77 bits per heavy atom. The fourth-order valence-corrected chi connectivity index (χ4v) is 1.19. The summed E-state index contributed by atoms with van der Waals surface area (Å²) in [6.07, 6.45) is 1.04. The van der Waals surface area contributed by atoms with E-state index in [9.17, 15) is 10.2 Å². The summed E-state index contributed by atoms with van der Waals surface area (Å²) in [4.78, 5) is 3.78. The normalized spacial score (nSPS) is 15.3. The van der Waals surface area contributed by atoms with Crippen molar-refractivity contribution in [2.75, 3.05) is 11.5 Å². The van der Waals surface area contributed by atoms with Crippen LogP contribution in [0.4, 0.5) is 5.69 Å². The van der Waals surface area contributed by atoms with E-state index in [1.165, 1.54) is 12.4 Å². The quantitative estimate of drug-likeness (QED) is 0.517. The molecule has 0 radical (unpaired) electrons. The number of aromatic nitrogens is 1. The zero-order chi connectivity index (χ0) is 9.84. The first-order chi connectivity index (χ1) is 6.16. The lowest BCUT2D eigenvalue weighted by molar-refractivity contribution is 0.0342. The molecule has 1 heterocycles. The van der Waals surface area contributed by atoms with E-state index in [4.69, 9.17) is 5.73 Å². The molecule has 0 saturated carbocycles. The molecule has 4 N–H and O–H groups in total. The average Bonchev–Trinajstić information content (AvgIpc) is 2.16. The van der Waals surface area contributed by atoms with Crippen LogP contribution in [-0.4, -0.2) is 27.1 Å². The third-order valence-electron chi connectivity index (χ3n) is 1.76. The van der Waals surface area contributed by atoms with Gasteiger partial charge in [-0.3, -0.25) is 4.98 Å². The molecule has 0 amide bonds. The maximum absolute atomic E-state index is 9.56. The van der Waals surface area contributed by atoms with Crippen molar-refractivity contribution < 1.29 is 10.2 Å². The Morgan fingerprint density at radius 2 is 2.23 bits per heavy atom. The second kappa shape index (κ2) is 4.45. The summed E-state index contributed by atoms with van der Waals surface area (Å²) in [6, 6.07) is 1.58. The molecule has 0 saturated heterocycles. The molecule has 0 aromatic carbocycles. The smallest absolute Gasteiger partial charge is 0.108 e. The van der Waals surface area contributed by atoms with Gasteiger partial charge in [0.05, 0.1) is 18.0 Å². The largest absolute Gasteiger partial charge is 0.397 e. The number of nitrogens with zero attached hydrogens (tertiary/aromatic N) is 1. The first kappa shape index (κ1) is 10.3. The molecular weight excluding hydrogens is 188 g/mol. The van der Waals surface area contributed by atoms with Crippen LogP contribution in [-0.2, 0) is 0 Å². The number of aliphatic hydroxyl groups is 2. The van der Waals surface area contributed by atoms with Gasteiger partial charge in [-0.15, -0.1) is 0 Å². The number of nitrogen functional groups attached to an aromatic ring is 1. The van der Waals surface area contributed by atoms with E-state index in [0.717, 1.165) is 0 Å². The highest BCUT2D eigenvalue weighted by atomic mass is 32.1. The molecule has 0 bridgehead atoms. The fraction of sp³-hybridized carbons (Fsp3) is 0.375. The van der Waals surface area contributed by atoms with E-state index in [1.54, 1.807) is 6.07 Å². The van der Waals surface area contributed by atoms with Gasteiger partial charge in [-0.25, -0.2) is 0 Å². The van der Waals surface area contributed by atoms with E-state index in [1.807, 2.05) is 0 Å². The molecule has 0 aliphatic heterocycles. The van der Waals surface area contributed by atoms with Crippen molar-refractivity contribution in [2.24, 2.45) is 0 Å². The lowest BCUT2D eigenvalue weighted by atomic mass is 10.1. The third-order valence-corrected chi connectivity index (χ3v) is 2.13. The topological polar surface area (TPSA) is 79.4 Å². The van der Waals surface area contributed by atoms with Crippen LogP contribution in [0.3, 0.4) is 0 Å². The summed E-state index contributed by atoms with van der Waals surface area (Å²) in [5.41, 5.74) is 6.41. The van der Waals surface area contributed by atoms with E-state index in [-0.39, 0.29) is 5.75 Å². The maximum Gasteiger partial charge on any atom is 0.108 e. The fourth-order valence-electron chi connectivity index (χ4n) is 0.994. The Bertz CT molecular complexity index is 283. The Balaban J connectivity index is 2.88. The Kier molecular flexibility index (Phi) is 3.53. The van der Waals surface area contributed by atoms with Gasteiger partial charge in [0.15, 0.2) is 0 Å². The molecule has 13 heavy (non-hydrogen) atoms. The molecule has 5 heteroatoms. The van der Waals surface area contributed by atoms with Gasteiger partial charge in [0.2, 0.25) is 0 Å². The van der Waals surface area contributed by atoms with E-state index >= 15 is 0 Å². The van der Waals surface area contributed by atoms with Crippen molar-refractivity contribution in [3.63, 3.8) is 0 Å². The molecular formula is C8H12N2O2S. The maximum atomic E-state index is 9.56. The van der Waals surface area contributed by atoms with Crippen LogP contribution in [0.5, 0.6) is 0 Å². The summed E-state index contributed by atoms with van der Waals surface area (Å²) in [7, 11) is 0. The van der Waals surface area contributed by atoms with Crippen LogP contribution in [0.25, 0.3) is 0 Å². The van der Waals surface area contributed by atoms with Gasteiger partial charge in [0.1, 0.15) is 6.10 Å². The molecule has 0 spiro atoms. The Morgan fingerprint density at radius 1 is 1.54 bits per heavy atom. The number of nitrogens with two attached hydrogens (primary N) is 1. The summed E-state index contributed by atoms with van der Waals surface area (Å²) in [5.74, 6) is 0.183. The zero-order valence-corrected chi connectivity index (χ0v) is 7.85. The number of thiol groups is 1. The minimum atomic E-state index is -1.000. The van der Waals surface area contributed by atoms with Gasteiger partial charge in [-0.05, 0) is 6.07 Å². The van der Waals surface area contributed by atoms with Gasteiger partial charge < -0.3 is 15.9 Å². The molecule has 0 aliphatic rings. The first-order valence-corrected chi connectivity index (χ1v) is 4.46. The number of rotatable bonds is 3. The number of anilines is 1. The lowest BCUT2D eigenvalue weighted by Crippen LogP contribution is -2.20. The van der Waals surface area contributed by atoms with E-state index < -0.39 is 12.2 Å². The first-order valence-electron chi connectivity index (χ1n) is 3.83. The molecule has 2 atom stereocenters. The molecule has 2 unspecified atom stereocenters. The molecule has 1 rings (SSSR count). The van der Waals surface area contributed by atoms with Crippen LogP contribution >= 0.6 is 12.6 Å². The summed E-state index contributed by atoms with van der Waals surface area (Å²) in [6.45, 7) is 0. The zero-order valence-electron chi connectivity index (χ0n) is 6.96. The van der Waals surface area contributed by atoms with Crippen molar-refractivity contribution in [2.45, 2.75) is 12.2 Å². The molecule has 4 nitrogen and oxygen atoms in total. The lowest BCUT2D eigenvalue weighted by Gasteiger charge is -2.17. The highest BCUT2D eigenvalue weighted by molar-refractivity contribution is 7.80. The molecule has 1 aromatic rings. The summed E-state index contributed by atoms with van der Waals surface area (Å²) >= 11 is 3.87. The van der Waals surface area contributed by atoms with Crippen molar-refractivity contribution in [3.8, 4) is 0 Å². The van der Waals surface area contributed by atoms with Crippen LogP contribution in [0.2, 0.25) is 0 Å². The second-order valence-corrected chi connectivity index (χ2v) is 3.06. The minimum absolute atomic E-state index is 0.183. The third kappa shape index (κ3) is 2.33. The van der Waals surface area contributed by atoms with Crippen LogP contribution < -0.4 is 5.73 Å². The van der Waals surface area contributed by atoms with Gasteiger partial charge in [-0.2, -0.15) is 12.6 Å². The summed E-state index contributed by atoms with van der Waals surface area (Å²) in [5, 5.41) is 18.9. The monoisotopic (exact) mass is 200 g/mol.